The number of hydrogen-bond donors (Lipinski definition) is 0. The largest absolute Gasteiger partial charge is 0.497 e. The van der Waals surface area contributed by atoms with Gasteiger partial charge in [0.2, 0.25) is 0 Å². The Kier molecular flexibility index (Phi) is 11.0. The molecule has 0 radical (unpaired) electrons. The van der Waals surface area contributed by atoms with Gasteiger partial charge in [-0.05, 0) is 71.2 Å². The standard InChI is InChI=1S/C44H46FNO8/c1-26(40(47)22-30(19-27-11-5-10-16-37(27)45)43(48)53-24-28-17-18-31(50-2)23-41(28)51-3)42(52-4)39-21-29-20-38(29)46(39)44(49)54-25-36-34-14-8-6-12-32(34)33-13-7-9-15-35(33)36/h5-18,23,26,29-30,36,38-39,42H,19-22,24-25H2,1-4H3/t26-,29-,30+,38-,39-,42+/m0/s1. The number of halogens is 1. The third-order valence-corrected chi connectivity index (χ3v) is 11.4. The van der Waals surface area contributed by atoms with E-state index in [2.05, 4.69) is 24.3 Å². The molecule has 0 N–H and O–H groups in total. The van der Waals surface area contributed by atoms with Gasteiger partial charge in [0, 0.05) is 43.0 Å². The van der Waals surface area contributed by atoms with Gasteiger partial charge in [-0.3, -0.25) is 14.5 Å². The van der Waals surface area contributed by atoms with E-state index >= 15 is 0 Å². The molecule has 7 rings (SSSR count). The van der Waals surface area contributed by atoms with Crippen molar-refractivity contribution < 1.29 is 42.5 Å². The maximum Gasteiger partial charge on any atom is 0.410 e. The number of amides is 1. The molecule has 4 aromatic carbocycles. The molecule has 0 bridgehead atoms. The molecule has 1 saturated heterocycles. The number of fused-ring (bicyclic) bond motifs is 4. The van der Waals surface area contributed by atoms with Crippen LogP contribution in [-0.2, 0) is 36.8 Å². The fourth-order valence-electron chi connectivity index (χ4n) is 8.44. The van der Waals surface area contributed by atoms with E-state index in [4.69, 9.17) is 23.7 Å². The molecule has 0 unspecified atom stereocenters. The van der Waals surface area contributed by atoms with Gasteiger partial charge in [-0.2, -0.15) is 0 Å². The Hall–Kier alpha value is -5.22. The predicted molar refractivity (Wildman–Crippen MR) is 200 cm³/mol. The van der Waals surface area contributed by atoms with Crippen molar-refractivity contribution in [3.63, 3.8) is 0 Å². The first kappa shape index (κ1) is 37.1. The second-order valence-electron chi connectivity index (χ2n) is 14.5. The summed E-state index contributed by atoms with van der Waals surface area (Å²) >= 11 is 0. The van der Waals surface area contributed by atoms with E-state index in [1.54, 1.807) is 62.4 Å². The molecule has 1 saturated carbocycles. The van der Waals surface area contributed by atoms with E-state index in [0.717, 1.165) is 28.7 Å². The Morgan fingerprint density at radius 2 is 1.50 bits per heavy atom. The minimum absolute atomic E-state index is 0.0270. The number of Topliss-reactive ketones (excluding diaryl/α,β-unsaturated/α-hetero) is 1. The number of likely N-dealkylation sites (tertiary alicyclic amines) is 1. The quantitative estimate of drug-likeness (QED) is 0.114. The topological polar surface area (TPSA) is 101 Å². The molecule has 1 amide bonds. The van der Waals surface area contributed by atoms with Crippen LogP contribution in [0.2, 0.25) is 0 Å². The zero-order valence-corrected chi connectivity index (χ0v) is 31.0. The summed E-state index contributed by atoms with van der Waals surface area (Å²) in [7, 11) is 4.60. The van der Waals surface area contributed by atoms with Crippen LogP contribution in [0.15, 0.2) is 91.0 Å². The van der Waals surface area contributed by atoms with Crippen LogP contribution < -0.4 is 9.47 Å². The Balaban J connectivity index is 1.04. The van der Waals surface area contributed by atoms with Crippen LogP contribution in [0.3, 0.4) is 0 Å². The van der Waals surface area contributed by atoms with Gasteiger partial charge in [0.15, 0.2) is 0 Å². The van der Waals surface area contributed by atoms with Crippen molar-refractivity contribution in [2.75, 3.05) is 27.9 Å². The van der Waals surface area contributed by atoms with Gasteiger partial charge < -0.3 is 23.7 Å². The minimum Gasteiger partial charge on any atom is -0.497 e. The van der Waals surface area contributed by atoms with Crippen LogP contribution in [0.5, 0.6) is 11.5 Å². The number of benzene rings is 4. The van der Waals surface area contributed by atoms with E-state index in [1.165, 1.54) is 13.2 Å². The molecule has 2 aliphatic carbocycles. The highest BCUT2D eigenvalue weighted by Crippen LogP contribution is 2.50. The number of rotatable bonds is 15. The van der Waals surface area contributed by atoms with Gasteiger partial charge in [-0.15, -0.1) is 0 Å². The summed E-state index contributed by atoms with van der Waals surface area (Å²) in [4.78, 5) is 43.4. The molecule has 9 nitrogen and oxygen atoms in total. The highest BCUT2D eigenvalue weighted by atomic mass is 19.1. The normalized spacial score (nSPS) is 19.9. The molecule has 10 heteroatoms. The lowest BCUT2D eigenvalue weighted by Crippen LogP contribution is -2.50. The molecule has 3 aliphatic rings. The van der Waals surface area contributed by atoms with Crippen molar-refractivity contribution >= 4 is 17.8 Å². The Bertz CT molecular complexity index is 1970. The number of ether oxygens (including phenoxy) is 5. The first-order chi connectivity index (χ1) is 26.2. The molecule has 0 spiro atoms. The van der Waals surface area contributed by atoms with E-state index in [1.807, 2.05) is 24.3 Å². The maximum atomic E-state index is 14.9. The lowest BCUT2D eigenvalue weighted by atomic mass is 9.85. The number of ketones is 1. The second kappa shape index (κ2) is 16.0. The summed E-state index contributed by atoms with van der Waals surface area (Å²) in [5.74, 6) is -1.68. The van der Waals surface area contributed by atoms with Crippen molar-refractivity contribution in [1.29, 1.82) is 0 Å². The van der Waals surface area contributed by atoms with E-state index in [9.17, 15) is 18.8 Å². The molecular formula is C44H46FNO8. The van der Waals surface area contributed by atoms with Gasteiger partial charge in [-0.1, -0.05) is 73.7 Å². The summed E-state index contributed by atoms with van der Waals surface area (Å²) in [6.45, 7) is 1.86. The summed E-state index contributed by atoms with van der Waals surface area (Å²) < 4.78 is 43.4. The fourth-order valence-corrected chi connectivity index (χ4v) is 8.44. The first-order valence-electron chi connectivity index (χ1n) is 18.5. The lowest BCUT2D eigenvalue weighted by molar-refractivity contribution is -0.152. The highest BCUT2D eigenvalue weighted by molar-refractivity contribution is 5.87. The average Bonchev–Trinajstić information content (AvgIpc) is 3.74. The molecule has 1 heterocycles. The molecule has 0 aromatic heterocycles. The van der Waals surface area contributed by atoms with Crippen molar-refractivity contribution in [2.24, 2.45) is 17.8 Å². The number of carbonyl (C=O) groups is 3. The van der Waals surface area contributed by atoms with E-state index < -0.39 is 35.8 Å². The molecule has 282 valence electrons. The number of piperidine rings is 1. The van der Waals surface area contributed by atoms with Gasteiger partial charge in [0.1, 0.15) is 36.3 Å². The molecule has 6 atom stereocenters. The number of nitrogens with zero attached hydrogens (tertiary/aromatic N) is 1. The highest BCUT2D eigenvalue weighted by Gasteiger charge is 2.57. The number of methoxy groups -OCH3 is 3. The molecular weight excluding hydrogens is 689 g/mol. The zero-order valence-electron chi connectivity index (χ0n) is 31.0. The number of esters is 1. The molecule has 2 fully saturated rings. The Morgan fingerprint density at radius 3 is 2.17 bits per heavy atom. The van der Waals surface area contributed by atoms with Crippen molar-refractivity contribution in [3.05, 3.63) is 119 Å². The second-order valence-corrected chi connectivity index (χ2v) is 14.5. The summed E-state index contributed by atoms with van der Waals surface area (Å²) in [6.07, 6.45) is 0.298. The smallest absolute Gasteiger partial charge is 0.410 e. The summed E-state index contributed by atoms with van der Waals surface area (Å²) in [5.41, 5.74) is 5.49. The van der Waals surface area contributed by atoms with Crippen molar-refractivity contribution in [1.82, 2.24) is 4.90 Å². The average molecular weight is 736 g/mol. The van der Waals surface area contributed by atoms with Gasteiger partial charge >= 0.3 is 12.1 Å². The van der Waals surface area contributed by atoms with E-state index in [-0.39, 0.29) is 49.8 Å². The maximum absolute atomic E-state index is 14.9. The van der Waals surface area contributed by atoms with Crippen LogP contribution >= 0.6 is 0 Å². The van der Waals surface area contributed by atoms with Crippen LogP contribution in [0.1, 0.15) is 54.4 Å². The number of hydrogen-bond acceptors (Lipinski definition) is 8. The van der Waals surface area contributed by atoms with Gasteiger partial charge in [-0.25, -0.2) is 9.18 Å². The van der Waals surface area contributed by atoms with Gasteiger partial charge in [0.05, 0.1) is 32.3 Å². The third kappa shape index (κ3) is 7.44. The van der Waals surface area contributed by atoms with Crippen molar-refractivity contribution in [3.8, 4) is 22.6 Å². The SMILES string of the molecule is COc1ccc(COC(=O)[C@@H](CC(=O)[C@H](C)[C@@H](OC)[C@@H]2C[C@@H]3C[C@@H]3N2C(=O)OCC2c3ccccc3-c3ccccc32)Cc2ccccc2F)c(OC)c1. The minimum atomic E-state index is -0.964. The van der Waals surface area contributed by atoms with E-state index in [0.29, 0.717) is 35.0 Å². The van der Waals surface area contributed by atoms with Crippen LogP contribution in [0.4, 0.5) is 9.18 Å². The van der Waals surface area contributed by atoms with Crippen LogP contribution in [-0.4, -0.2) is 68.9 Å². The Labute approximate surface area is 315 Å². The Morgan fingerprint density at radius 1 is 0.815 bits per heavy atom. The third-order valence-electron chi connectivity index (χ3n) is 11.4. The summed E-state index contributed by atoms with van der Waals surface area (Å²) in [6, 6.07) is 27.4. The van der Waals surface area contributed by atoms with Crippen LogP contribution in [0.25, 0.3) is 11.1 Å². The van der Waals surface area contributed by atoms with Gasteiger partial charge in [0.25, 0.3) is 0 Å². The zero-order chi connectivity index (χ0) is 37.9. The number of carbonyl (C=O) groups excluding carboxylic acids is 3. The molecule has 1 aliphatic heterocycles. The first-order valence-corrected chi connectivity index (χ1v) is 18.5. The molecule has 4 aromatic rings. The fraction of sp³-hybridized carbons (Fsp3) is 0.386. The summed E-state index contributed by atoms with van der Waals surface area (Å²) in [5, 5.41) is 0. The lowest BCUT2D eigenvalue weighted by Gasteiger charge is -2.35. The molecule has 54 heavy (non-hydrogen) atoms. The predicted octanol–water partition coefficient (Wildman–Crippen LogP) is 7.77. The van der Waals surface area contributed by atoms with Crippen molar-refractivity contribution in [2.45, 2.75) is 63.3 Å². The monoisotopic (exact) mass is 735 g/mol. The van der Waals surface area contributed by atoms with Crippen LogP contribution in [0, 0.1) is 23.6 Å².